The average molecular weight is 421 g/mol. The summed E-state index contributed by atoms with van der Waals surface area (Å²) >= 11 is 0. The van der Waals surface area contributed by atoms with Crippen LogP contribution in [0.4, 0.5) is 0 Å². The van der Waals surface area contributed by atoms with Gasteiger partial charge in [-0.2, -0.15) is 0 Å². The Morgan fingerprint density at radius 1 is 1.18 bits per heavy atom. The lowest BCUT2D eigenvalue weighted by Crippen LogP contribution is -2.32. The Kier molecular flexibility index (Phi) is 9.39. The van der Waals surface area contributed by atoms with Gasteiger partial charge < -0.3 is 25.3 Å². The standard InChI is InChI=1S/C15H23N3O3.HI/c1-10(2)8-17-15(16)18-9-11-6-12(19-3)14(21-5)13(7-11)20-4;/h6-7H,1,8-9H2,2-5H3,(H3,16,17,18);1H. The molecule has 0 saturated carbocycles. The number of methoxy groups -OCH3 is 3. The highest BCUT2D eigenvalue weighted by Gasteiger charge is 2.12. The van der Waals surface area contributed by atoms with Crippen LogP contribution in [-0.2, 0) is 6.54 Å². The number of nitrogens with one attached hydrogen (secondary N) is 1. The van der Waals surface area contributed by atoms with E-state index < -0.39 is 0 Å². The van der Waals surface area contributed by atoms with Crippen molar-refractivity contribution >= 4 is 29.9 Å². The van der Waals surface area contributed by atoms with E-state index in [9.17, 15) is 0 Å². The lowest BCUT2D eigenvalue weighted by molar-refractivity contribution is 0.324. The minimum atomic E-state index is 0. The molecule has 0 radical (unpaired) electrons. The summed E-state index contributed by atoms with van der Waals surface area (Å²) in [4.78, 5) is 4.26. The van der Waals surface area contributed by atoms with E-state index in [1.54, 1.807) is 21.3 Å². The maximum Gasteiger partial charge on any atom is 0.203 e. The first-order valence-corrected chi connectivity index (χ1v) is 6.48. The first-order valence-electron chi connectivity index (χ1n) is 6.48. The molecule has 0 aliphatic heterocycles. The molecule has 0 saturated heterocycles. The Morgan fingerprint density at radius 2 is 1.73 bits per heavy atom. The number of rotatable bonds is 7. The lowest BCUT2D eigenvalue weighted by atomic mass is 10.2. The second kappa shape index (κ2) is 10.1. The second-order valence-electron chi connectivity index (χ2n) is 4.55. The van der Waals surface area contributed by atoms with E-state index in [1.165, 1.54) is 0 Å². The normalized spacial score (nSPS) is 10.5. The summed E-state index contributed by atoms with van der Waals surface area (Å²) < 4.78 is 15.9. The quantitative estimate of drug-likeness (QED) is 0.306. The second-order valence-corrected chi connectivity index (χ2v) is 4.55. The lowest BCUT2D eigenvalue weighted by Gasteiger charge is -2.13. The fourth-order valence-corrected chi connectivity index (χ4v) is 1.70. The van der Waals surface area contributed by atoms with Crippen LogP contribution in [0, 0.1) is 0 Å². The molecule has 1 aromatic carbocycles. The van der Waals surface area contributed by atoms with Crippen molar-refractivity contribution in [3.05, 3.63) is 29.8 Å². The zero-order valence-corrected chi connectivity index (χ0v) is 15.8. The third kappa shape index (κ3) is 6.00. The highest BCUT2D eigenvalue weighted by molar-refractivity contribution is 14.0. The van der Waals surface area contributed by atoms with Gasteiger partial charge >= 0.3 is 0 Å². The van der Waals surface area contributed by atoms with Crippen LogP contribution in [-0.4, -0.2) is 33.8 Å². The van der Waals surface area contributed by atoms with Crippen molar-refractivity contribution in [2.24, 2.45) is 10.7 Å². The van der Waals surface area contributed by atoms with Gasteiger partial charge in [-0.1, -0.05) is 12.2 Å². The van der Waals surface area contributed by atoms with Gasteiger partial charge in [-0.15, -0.1) is 24.0 Å². The van der Waals surface area contributed by atoms with Crippen molar-refractivity contribution in [2.45, 2.75) is 13.5 Å². The van der Waals surface area contributed by atoms with Crippen LogP contribution in [0.3, 0.4) is 0 Å². The summed E-state index contributed by atoms with van der Waals surface area (Å²) in [5.41, 5.74) is 7.67. The zero-order valence-electron chi connectivity index (χ0n) is 13.4. The predicted octanol–water partition coefficient (Wildman–Crippen LogP) is 2.31. The molecule has 0 heterocycles. The molecule has 0 fully saturated rings. The molecule has 0 aromatic heterocycles. The molecule has 0 atom stereocenters. The molecule has 0 aliphatic carbocycles. The minimum absolute atomic E-state index is 0. The molecule has 0 spiro atoms. The van der Waals surface area contributed by atoms with Crippen LogP contribution in [0.5, 0.6) is 17.2 Å². The summed E-state index contributed by atoms with van der Waals surface area (Å²) in [6, 6.07) is 3.69. The van der Waals surface area contributed by atoms with Crippen LogP contribution >= 0.6 is 24.0 Å². The number of hydrogen-bond donors (Lipinski definition) is 2. The molecule has 1 aromatic rings. The fraction of sp³-hybridized carbons (Fsp3) is 0.400. The van der Waals surface area contributed by atoms with Crippen LogP contribution in [0.15, 0.2) is 29.3 Å². The number of nitrogens with two attached hydrogens (primary N) is 1. The third-order valence-corrected chi connectivity index (χ3v) is 2.73. The summed E-state index contributed by atoms with van der Waals surface area (Å²) in [5.74, 6) is 2.11. The molecule has 0 aliphatic rings. The number of ether oxygens (including phenoxy) is 3. The molecule has 6 nitrogen and oxygen atoms in total. The maximum atomic E-state index is 5.78. The van der Waals surface area contributed by atoms with E-state index in [0.717, 1.165) is 11.1 Å². The molecule has 7 heteroatoms. The van der Waals surface area contributed by atoms with E-state index in [1.807, 2.05) is 19.1 Å². The number of guanidine groups is 1. The molecular formula is C15H24IN3O3. The van der Waals surface area contributed by atoms with Gasteiger partial charge in [0.25, 0.3) is 0 Å². The Morgan fingerprint density at radius 3 is 2.14 bits per heavy atom. The third-order valence-electron chi connectivity index (χ3n) is 2.73. The Hall–Kier alpha value is -1.64. The number of halogens is 1. The molecular weight excluding hydrogens is 397 g/mol. The van der Waals surface area contributed by atoms with Crippen LogP contribution in [0.2, 0.25) is 0 Å². The van der Waals surface area contributed by atoms with Crippen LogP contribution < -0.4 is 25.3 Å². The maximum absolute atomic E-state index is 5.78. The number of nitrogens with zero attached hydrogens (tertiary/aromatic N) is 1. The highest BCUT2D eigenvalue weighted by Crippen LogP contribution is 2.38. The van der Waals surface area contributed by atoms with Gasteiger partial charge in [0.15, 0.2) is 17.5 Å². The summed E-state index contributed by atoms with van der Waals surface area (Å²) in [7, 11) is 4.72. The van der Waals surface area contributed by atoms with Crippen molar-refractivity contribution in [2.75, 3.05) is 27.9 Å². The van der Waals surface area contributed by atoms with Crippen LogP contribution in [0.25, 0.3) is 0 Å². The number of hydrogen-bond acceptors (Lipinski definition) is 4. The molecule has 0 amide bonds. The molecule has 1 rings (SSSR count). The van der Waals surface area contributed by atoms with Crippen molar-refractivity contribution < 1.29 is 14.2 Å². The van der Waals surface area contributed by atoms with Gasteiger partial charge in [0.2, 0.25) is 5.75 Å². The first-order chi connectivity index (χ1) is 10.0. The SMILES string of the molecule is C=C(C)CNC(N)=NCc1cc(OC)c(OC)c(OC)c1.I. The summed E-state index contributed by atoms with van der Waals surface area (Å²) in [5, 5.41) is 2.97. The molecule has 0 unspecified atom stereocenters. The Bertz CT molecular complexity index is 508. The minimum Gasteiger partial charge on any atom is -0.493 e. The number of aliphatic imine (C=N–C) groups is 1. The monoisotopic (exact) mass is 421 g/mol. The molecule has 0 bridgehead atoms. The van der Waals surface area contributed by atoms with Gasteiger partial charge in [0, 0.05) is 6.54 Å². The largest absolute Gasteiger partial charge is 0.493 e. The zero-order chi connectivity index (χ0) is 15.8. The molecule has 22 heavy (non-hydrogen) atoms. The Balaban J connectivity index is 0.00000441. The summed E-state index contributed by atoms with van der Waals surface area (Å²) in [6.45, 7) is 6.72. The van der Waals surface area contributed by atoms with Crippen molar-refractivity contribution in [1.29, 1.82) is 0 Å². The van der Waals surface area contributed by atoms with Gasteiger partial charge in [-0.05, 0) is 24.6 Å². The van der Waals surface area contributed by atoms with E-state index in [4.69, 9.17) is 19.9 Å². The van der Waals surface area contributed by atoms with Gasteiger partial charge in [-0.3, -0.25) is 0 Å². The average Bonchev–Trinajstić information content (AvgIpc) is 2.49. The van der Waals surface area contributed by atoms with Crippen molar-refractivity contribution in [3.63, 3.8) is 0 Å². The van der Waals surface area contributed by atoms with Crippen LogP contribution in [0.1, 0.15) is 12.5 Å². The van der Waals surface area contributed by atoms with Crippen molar-refractivity contribution in [1.82, 2.24) is 5.32 Å². The summed E-state index contributed by atoms with van der Waals surface area (Å²) in [6.07, 6.45) is 0. The van der Waals surface area contributed by atoms with E-state index in [-0.39, 0.29) is 24.0 Å². The smallest absolute Gasteiger partial charge is 0.203 e. The van der Waals surface area contributed by atoms with Gasteiger partial charge in [0.05, 0.1) is 27.9 Å². The molecule has 3 N–H and O–H groups in total. The van der Waals surface area contributed by atoms with E-state index in [2.05, 4.69) is 16.9 Å². The Labute approximate surface area is 148 Å². The predicted molar refractivity (Wildman–Crippen MR) is 99.7 cm³/mol. The number of benzene rings is 1. The fourth-order valence-electron chi connectivity index (χ4n) is 1.70. The highest BCUT2D eigenvalue weighted by atomic mass is 127. The van der Waals surface area contributed by atoms with Gasteiger partial charge in [0.1, 0.15) is 0 Å². The van der Waals surface area contributed by atoms with Crippen molar-refractivity contribution in [3.8, 4) is 17.2 Å². The topological polar surface area (TPSA) is 78.1 Å². The van der Waals surface area contributed by atoms with Gasteiger partial charge in [-0.25, -0.2) is 4.99 Å². The molecule has 124 valence electrons. The first kappa shape index (κ1) is 20.4. The van der Waals surface area contributed by atoms with E-state index in [0.29, 0.717) is 36.3 Å². The van der Waals surface area contributed by atoms with E-state index >= 15 is 0 Å².